The predicted octanol–water partition coefficient (Wildman–Crippen LogP) is 3.37. The molecule has 0 saturated heterocycles. The molecule has 0 aliphatic carbocycles. The van der Waals surface area contributed by atoms with Gasteiger partial charge in [-0.25, -0.2) is 0 Å². The maximum Gasteiger partial charge on any atom is 0.306 e. The van der Waals surface area contributed by atoms with E-state index in [2.05, 4.69) is 0 Å². The Kier molecular flexibility index (Phi) is 6.17. The summed E-state index contributed by atoms with van der Waals surface area (Å²) in [6.45, 7) is 0.389. The van der Waals surface area contributed by atoms with Crippen LogP contribution in [0.2, 0.25) is 0 Å². The van der Waals surface area contributed by atoms with Gasteiger partial charge in [0.15, 0.2) is 0 Å². The van der Waals surface area contributed by atoms with Crippen molar-refractivity contribution in [2.75, 3.05) is 6.26 Å². The summed E-state index contributed by atoms with van der Waals surface area (Å²) >= 11 is 0. The van der Waals surface area contributed by atoms with Gasteiger partial charge < -0.3 is 13.5 Å². The first-order chi connectivity index (χ1) is 14.2. The van der Waals surface area contributed by atoms with Crippen LogP contribution in [0.5, 0.6) is 5.75 Å². The van der Waals surface area contributed by atoms with Crippen molar-refractivity contribution in [3.63, 3.8) is 0 Å². The van der Waals surface area contributed by atoms with E-state index in [1.807, 2.05) is 0 Å². The number of amides is 1. The molecule has 0 fully saturated rings. The number of carbonyl (C=O) groups is 1. The third-order valence-corrected chi connectivity index (χ3v) is 4.58. The Morgan fingerprint density at radius 3 is 2.27 bits per heavy atom. The molecule has 0 aliphatic rings. The number of hydrogen-bond acceptors (Lipinski definition) is 7. The summed E-state index contributed by atoms with van der Waals surface area (Å²) in [5.41, 5.74) is 0.924. The number of benzene rings is 2. The molecule has 9 nitrogen and oxygen atoms in total. The first kappa shape index (κ1) is 21.1. The number of hydrogen-bond donors (Lipinski definition) is 0. The Bertz CT molecular complexity index is 1120. The molecule has 3 aromatic rings. The van der Waals surface area contributed by atoms with E-state index in [1.165, 1.54) is 47.6 Å². The number of non-ortho nitro benzene ring substituents is 1. The minimum absolute atomic E-state index is 0.106. The fourth-order valence-electron chi connectivity index (χ4n) is 2.74. The molecule has 0 unspecified atom stereocenters. The molecule has 1 amide bonds. The zero-order chi connectivity index (χ0) is 21.7. The van der Waals surface area contributed by atoms with Crippen molar-refractivity contribution in [2.24, 2.45) is 0 Å². The van der Waals surface area contributed by atoms with Crippen LogP contribution in [0.15, 0.2) is 71.3 Å². The number of carbonyl (C=O) groups excluding carboxylic acids is 1. The van der Waals surface area contributed by atoms with Crippen LogP contribution >= 0.6 is 0 Å². The summed E-state index contributed by atoms with van der Waals surface area (Å²) in [6, 6.07) is 15.1. The lowest BCUT2D eigenvalue weighted by atomic mass is 10.1. The van der Waals surface area contributed by atoms with E-state index in [4.69, 9.17) is 8.60 Å². The molecule has 10 heteroatoms. The Labute approximate surface area is 172 Å². The molecule has 1 aromatic heterocycles. The highest BCUT2D eigenvalue weighted by atomic mass is 32.2. The highest BCUT2D eigenvalue weighted by molar-refractivity contribution is 7.86. The normalized spacial score (nSPS) is 11.1. The van der Waals surface area contributed by atoms with E-state index in [1.54, 1.807) is 24.3 Å². The van der Waals surface area contributed by atoms with Gasteiger partial charge in [-0.3, -0.25) is 14.9 Å². The van der Waals surface area contributed by atoms with Gasteiger partial charge >= 0.3 is 10.1 Å². The third kappa shape index (κ3) is 5.67. The molecule has 0 spiro atoms. The fraction of sp³-hybridized carbons (Fsp3) is 0.150. The third-order valence-electron chi connectivity index (χ3n) is 4.08. The van der Waals surface area contributed by atoms with Crippen molar-refractivity contribution in [1.82, 2.24) is 4.90 Å². The molecule has 0 aliphatic heterocycles. The van der Waals surface area contributed by atoms with Crippen molar-refractivity contribution >= 4 is 21.7 Å². The first-order valence-electron chi connectivity index (χ1n) is 8.76. The molecule has 30 heavy (non-hydrogen) atoms. The number of nitro groups is 1. The maximum atomic E-state index is 13.0. The van der Waals surface area contributed by atoms with Crippen LogP contribution < -0.4 is 4.18 Å². The minimum atomic E-state index is -3.63. The lowest BCUT2D eigenvalue weighted by Crippen LogP contribution is -2.30. The zero-order valence-corrected chi connectivity index (χ0v) is 16.7. The summed E-state index contributed by atoms with van der Waals surface area (Å²) in [6.07, 6.45) is 2.45. The predicted molar refractivity (Wildman–Crippen MR) is 107 cm³/mol. The van der Waals surface area contributed by atoms with Crippen molar-refractivity contribution in [3.05, 3.63) is 93.9 Å². The second-order valence-corrected chi connectivity index (χ2v) is 8.05. The van der Waals surface area contributed by atoms with Gasteiger partial charge in [-0.05, 0) is 42.0 Å². The van der Waals surface area contributed by atoms with Gasteiger partial charge in [-0.15, -0.1) is 0 Å². The molecule has 3 rings (SSSR count). The molecule has 2 aromatic carbocycles. The van der Waals surface area contributed by atoms with Crippen molar-refractivity contribution in [2.45, 2.75) is 13.1 Å². The van der Waals surface area contributed by atoms with Crippen LogP contribution in [0.1, 0.15) is 21.7 Å². The van der Waals surface area contributed by atoms with Crippen molar-refractivity contribution < 1.29 is 26.7 Å². The lowest BCUT2D eigenvalue weighted by molar-refractivity contribution is -0.384. The first-order valence-corrected chi connectivity index (χ1v) is 10.6. The van der Waals surface area contributed by atoms with Gasteiger partial charge in [-0.2, -0.15) is 8.42 Å². The van der Waals surface area contributed by atoms with E-state index in [0.29, 0.717) is 11.3 Å². The molecule has 1 heterocycles. The standard InChI is InChI=1S/C20H18N2O7S/c1-30(26,27)29-18-10-4-15(5-11-18)13-21(14-19-3-2-12-28-19)20(23)16-6-8-17(9-7-16)22(24)25/h2-12H,13-14H2,1H3. The average molecular weight is 430 g/mol. The van der Waals surface area contributed by atoms with E-state index in [0.717, 1.165) is 11.8 Å². The molecule has 0 atom stereocenters. The van der Waals surface area contributed by atoms with Crippen LogP contribution in [0.3, 0.4) is 0 Å². The Morgan fingerprint density at radius 1 is 1.07 bits per heavy atom. The Balaban J connectivity index is 1.81. The SMILES string of the molecule is CS(=O)(=O)Oc1ccc(CN(Cc2ccco2)C(=O)c2ccc([N+](=O)[O-])cc2)cc1. The van der Waals surface area contributed by atoms with Gasteiger partial charge in [-0.1, -0.05) is 12.1 Å². The quantitative estimate of drug-likeness (QED) is 0.305. The van der Waals surface area contributed by atoms with E-state index < -0.39 is 15.0 Å². The summed E-state index contributed by atoms with van der Waals surface area (Å²) in [5.74, 6) is 0.403. The van der Waals surface area contributed by atoms with Crippen molar-refractivity contribution in [3.8, 4) is 5.75 Å². The lowest BCUT2D eigenvalue weighted by Gasteiger charge is -2.22. The highest BCUT2D eigenvalue weighted by Crippen LogP contribution is 2.19. The Hall–Kier alpha value is -3.66. The summed E-state index contributed by atoms with van der Waals surface area (Å²) in [5, 5.41) is 10.8. The van der Waals surface area contributed by atoms with E-state index in [-0.39, 0.29) is 30.4 Å². The number of nitro benzene ring substituents is 1. The van der Waals surface area contributed by atoms with Gasteiger partial charge in [0.2, 0.25) is 0 Å². The van der Waals surface area contributed by atoms with Crippen LogP contribution in [0.4, 0.5) is 5.69 Å². The van der Waals surface area contributed by atoms with E-state index >= 15 is 0 Å². The smallest absolute Gasteiger partial charge is 0.306 e. The van der Waals surface area contributed by atoms with Crippen LogP contribution in [0, 0.1) is 10.1 Å². The van der Waals surface area contributed by atoms with Gasteiger partial charge in [0.05, 0.1) is 24.0 Å². The molecule has 0 N–H and O–H groups in total. The topological polar surface area (TPSA) is 120 Å². The molecule has 0 radical (unpaired) electrons. The number of rotatable bonds is 8. The van der Waals surface area contributed by atoms with Gasteiger partial charge in [0.25, 0.3) is 11.6 Å². The minimum Gasteiger partial charge on any atom is -0.467 e. The molecule has 156 valence electrons. The monoisotopic (exact) mass is 430 g/mol. The molecule has 0 saturated carbocycles. The molecular weight excluding hydrogens is 412 g/mol. The van der Waals surface area contributed by atoms with Crippen molar-refractivity contribution in [1.29, 1.82) is 0 Å². The van der Waals surface area contributed by atoms with E-state index in [9.17, 15) is 23.3 Å². The maximum absolute atomic E-state index is 13.0. The number of nitrogens with zero attached hydrogens (tertiary/aromatic N) is 2. The van der Waals surface area contributed by atoms with Crippen LogP contribution in [-0.2, 0) is 23.2 Å². The molecular formula is C20H18N2O7S. The summed E-state index contributed by atoms with van der Waals surface area (Å²) < 4.78 is 32.6. The zero-order valence-electron chi connectivity index (χ0n) is 15.9. The van der Waals surface area contributed by atoms with Gasteiger partial charge in [0.1, 0.15) is 11.5 Å². The largest absolute Gasteiger partial charge is 0.467 e. The Morgan fingerprint density at radius 2 is 1.73 bits per heavy atom. The number of furan rings is 1. The summed E-state index contributed by atoms with van der Waals surface area (Å²) in [7, 11) is -3.63. The average Bonchev–Trinajstić information content (AvgIpc) is 3.20. The molecule has 0 bridgehead atoms. The second kappa shape index (κ2) is 8.78. The fourth-order valence-corrected chi connectivity index (χ4v) is 3.20. The summed E-state index contributed by atoms with van der Waals surface area (Å²) in [4.78, 5) is 24.8. The van der Waals surface area contributed by atoms with Crippen LogP contribution in [-0.4, -0.2) is 30.4 Å². The second-order valence-electron chi connectivity index (χ2n) is 6.48. The highest BCUT2D eigenvalue weighted by Gasteiger charge is 2.19. The van der Waals surface area contributed by atoms with Crippen LogP contribution in [0.25, 0.3) is 0 Å². The van der Waals surface area contributed by atoms with Gasteiger partial charge in [0, 0.05) is 24.2 Å².